The van der Waals surface area contributed by atoms with Crippen LogP contribution in [0, 0.1) is 5.92 Å². The van der Waals surface area contributed by atoms with Crippen LogP contribution in [0.3, 0.4) is 0 Å². The topological polar surface area (TPSA) is 44.4 Å². The van der Waals surface area contributed by atoms with Crippen LogP contribution in [0.4, 0.5) is 0 Å². The maximum Gasteiger partial charge on any atom is 0.225 e. The molecule has 0 saturated carbocycles. The summed E-state index contributed by atoms with van der Waals surface area (Å²) in [5.41, 5.74) is 0. The highest BCUT2D eigenvalue weighted by atomic mass is 35.5. The Labute approximate surface area is 105 Å². The van der Waals surface area contributed by atoms with Gasteiger partial charge in [0.2, 0.25) is 5.91 Å². The highest BCUT2D eigenvalue weighted by molar-refractivity contribution is 5.85. The summed E-state index contributed by atoms with van der Waals surface area (Å²) < 4.78 is 0. The minimum Gasteiger partial charge on any atom is -0.356 e. The van der Waals surface area contributed by atoms with Gasteiger partial charge in [-0.3, -0.25) is 4.79 Å². The van der Waals surface area contributed by atoms with E-state index in [4.69, 9.17) is 0 Å². The molecule has 0 aromatic rings. The van der Waals surface area contributed by atoms with Crippen molar-refractivity contribution < 1.29 is 4.79 Å². The van der Waals surface area contributed by atoms with E-state index in [9.17, 15) is 4.79 Å². The second-order valence-corrected chi connectivity index (χ2v) is 4.03. The maximum absolute atomic E-state index is 11.4. The predicted molar refractivity (Wildman–Crippen MR) is 69.0 cm³/mol. The molecule has 96 valence electrons. The molecule has 0 spiro atoms. The van der Waals surface area contributed by atoms with E-state index in [1.165, 1.54) is 0 Å². The van der Waals surface area contributed by atoms with E-state index in [0.29, 0.717) is 0 Å². The van der Waals surface area contributed by atoms with E-state index < -0.39 is 0 Å². The first-order valence-electron chi connectivity index (χ1n) is 5.98. The van der Waals surface area contributed by atoms with Gasteiger partial charge in [-0.05, 0) is 26.1 Å². The number of hydrogen-bond acceptors (Lipinski definition) is 3. The van der Waals surface area contributed by atoms with Crippen molar-refractivity contribution in [2.24, 2.45) is 5.92 Å². The standard InChI is InChI=1S/C11H23N3O.ClH/c1-3-14(4-2)7-5-6-13-11(15)10-8-12-9-10;/h10,12H,3-9H2,1-2H3,(H,13,15);1H. The second kappa shape index (κ2) is 8.79. The number of nitrogens with one attached hydrogen (secondary N) is 2. The van der Waals surface area contributed by atoms with Gasteiger partial charge in [0.1, 0.15) is 0 Å². The van der Waals surface area contributed by atoms with Crippen LogP contribution in [-0.4, -0.2) is 50.1 Å². The van der Waals surface area contributed by atoms with E-state index in [0.717, 1.165) is 45.7 Å². The molecule has 1 saturated heterocycles. The molecule has 1 heterocycles. The lowest BCUT2D eigenvalue weighted by molar-refractivity contribution is -0.126. The van der Waals surface area contributed by atoms with Gasteiger partial charge in [-0.2, -0.15) is 0 Å². The summed E-state index contributed by atoms with van der Waals surface area (Å²) in [5.74, 6) is 0.437. The molecule has 0 radical (unpaired) electrons. The van der Waals surface area contributed by atoms with Crippen LogP contribution in [0.15, 0.2) is 0 Å². The summed E-state index contributed by atoms with van der Waals surface area (Å²) in [6.45, 7) is 10.1. The first kappa shape index (κ1) is 15.7. The van der Waals surface area contributed by atoms with Crippen molar-refractivity contribution in [2.45, 2.75) is 20.3 Å². The number of nitrogens with zero attached hydrogens (tertiary/aromatic N) is 1. The molecule has 4 nitrogen and oxygen atoms in total. The fraction of sp³-hybridized carbons (Fsp3) is 0.909. The van der Waals surface area contributed by atoms with Crippen LogP contribution in [0.25, 0.3) is 0 Å². The largest absolute Gasteiger partial charge is 0.356 e. The molecule has 0 atom stereocenters. The van der Waals surface area contributed by atoms with Crippen LogP contribution in [0.5, 0.6) is 0 Å². The third-order valence-electron chi connectivity index (χ3n) is 3.00. The first-order valence-corrected chi connectivity index (χ1v) is 5.98. The van der Waals surface area contributed by atoms with Crippen LogP contribution in [-0.2, 0) is 4.79 Å². The van der Waals surface area contributed by atoms with Crippen LogP contribution in [0.2, 0.25) is 0 Å². The second-order valence-electron chi connectivity index (χ2n) is 4.03. The van der Waals surface area contributed by atoms with Gasteiger partial charge in [0.25, 0.3) is 0 Å². The quantitative estimate of drug-likeness (QED) is 0.645. The minimum atomic E-state index is 0. The fourth-order valence-electron chi connectivity index (χ4n) is 1.67. The van der Waals surface area contributed by atoms with Crippen molar-refractivity contribution in [1.29, 1.82) is 0 Å². The number of amides is 1. The summed E-state index contributed by atoms with van der Waals surface area (Å²) in [4.78, 5) is 13.8. The summed E-state index contributed by atoms with van der Waals surface area (Å²) >= 11 is 0. The Balaban J connectivity index is 0.00000225. The first-order chi connectivity index (χ1) is 7.27. The van der Waals surface area contributed by atoms with E-state index >= 15 is 0 Å². The number of rotatable bonds is 7. The third kappa shape index (κ3) is 5.14. The predicted octanol–water partition coefficient (Wildman–Crippen LogP) is 0.476. The Hall–Kier alpha value is -0.320. The molecule has 0 bridgehead atoms. The minimum absolute atomic E-state index is 0. The summed E-state index contributed by atoms with van der Waals surface area (Å²) in [5, 5.41) is 6.08. The Bertz CT molecular complexity index is 194. The van der Waals surface area contributed by atoms with Crippen LogP contribution >= 0.6 is 12.4 Å². The van der Waals surface area contributed by atoms with Gasteiger partial charge in [0, 0.05) is 19.6 Å². The lowest BCUT2D eigenvalue weighted by atomic mass is 10.0. The molecule has 1 rings (SSSR count). The molecule has 0 aromatic carbocycles. The highest BCUT2D eigenvalue weighted by Gasteiger charge is 2.23. The molecule has 1 amide bonds. The molecule has 1 fully saturated rings. The van der Waals surface area contributed by atoms with E-state index in [1.54, 1.807) is 0 Å². The average Bonchev–Trinajstić information content (AvgIpc) is 2.15. The Morgan fingerprint density at radius 1 is 1.38 bits per heavy atom. The Morgan fingerprint density at radius 3 is 2.44 bits per heavy atom. The Morgan fingerprint density at radius 2 is 2.00 bits per heavy atom. The smallest absolute Gasteiger partial charge is 0.225 e. The molecule has 5 heteroatoms. The molecule has 0 aliphatic carbocycles. The molecule has 2 N–H and O–H groups in total. The summed E-state index contributed by atoms with van der Waals surface area (Å²) in [6.07, 6.45) is 1.05. The van der Waals surface area contributed by atoms with Gasteiger partial charge in [0.15, 0.2) is 0 Å². The Kier molecular flexibility index (Phi) is 8.61. The lowest BCUT2D eigenvalue weighted by Crippen LogP contribution is -2.51. The zero-order valence-electron chi connectivity index (χ0n) is 10.3. The van der Waals surface area contributed by atoms with Gasteiger partial charge in [0.05, 0.1) is 5.92 Å². The number of carbonyl (C=O) groups excluding carboxylic acids is 1. The van der Waals surface area contributed by atoms with E-state index in [-0.39, 0.29) is 24.2 Å². The maximum atomic E-state index is 11.4. The van der Waals surface area contributed by atoms with Crippen LogP contribution < -0.4 is 10.6 Å². The molecule has 0 aromatic heterocycles. The SMILES string of the molecule is CCN(CC)CCCNC(=O)C1CNC1.Cl. The molecular weight excluding hydrogens is 226 g/mol. The van der Waals surface area contributed by atoms with Crippen molar-refractivity contribution in [1.82, 2.24) is 15.5 Å². The molecule has 16 heavy (non-hydrogen) atoms. The number of carbonyl (C=O) groups is 1. The zero-order valence-corrected chi connectivity index (χ0v) is 11.1. The van der Waals surface area contributed by atoms with Crippen molar-refractivity contribution in [3.63, 3.8) is 0 Å². The molecular formula is C11H24ClN3O. The zero-order chi connectivity index (χ0) is 11.1. The van der Waals surface area contributed by atoms with Crippen molar-refractivity contribution >= 4 is 18.3 Å². The summed E-state index contributed by atoms with van der Waals surface area (Å²) in [6, 6.07) is 0. The normalized spacial score (nSPS) is 15.4. The molecule has 0 unspecified atom stereocenters. The summed E-state index contributed by atoms with van der Waals surface area (Å²) in [7, 11) is 0. The highest BCUT2D eigenvalue weighted by Crippen LogP contribution is 2.01. The van der Waals surface area contributed by atoms with Crippen molar-refractivity contribution in [2.75, 3.05) is 39.3 Å². The lowest BCUT2D eigenvalue weighted by Gasteiger charge is -2.26. The van der Waals surface area contributed by atoms with Gasteiger partial charge < -0.3 is 15.5 Å². The van der Waals surface area contributed by atoms with Gasteiger partial charge in [-0.15, -0.1) is 12.4 Å². The fourth-order valence-corrected chi connectivity index (χ4v) is 1.67. The van der Waals surface area contributed by atoms with Crippen LogP contribution in [0.1, 0.15) is 20.3 Å². The monoisotopic (exact) mass is 249 g/mol. The third-order valence-corrected chi connectivity index (χ3v) is 3.00. The van der Waals surface area contributed by atoms with E-state index in [1.807, 2.05) is 0 Å². The van der Waals surface area contributed by atoms with Crippen molar-refractivity contribution in [3.8, 4) is 0 Å². The van der Waals surface area contributed by atoms with Gasteiger partial charge in [-0.1, -0.05) is 13.8 Å². The van der Waals surface area contributed by atoms with Gasteiger partial charge >= 0.3 is 0 Å². The number of hydrogen-bond donors (Lipinski definition) is 2. The molecule has 1 aliphatic heterocycles. The average molecular weight is 250 g/mol. The molecule has 1 aliphatic rings. The van der Waals surface area contributed by atoms with Gasteiger partial charge in [-0.25, -0.2) is 0 Å². The van der Waals surface area contributed by atoms with E-state index in [2.05, 4.69) is 29.4 Å². The number of halogens is 1. The van der Waals surface area contributed by atoms with Crippen molar-refractivity contribution in [3.05, 3.63) is 0 Å².